The van der Waals surface area contributed by atoms with E-state index in [0.717, 1.165) is 42.5 Å². The van der Waals surface area contributed by atoms with Crippen molar-refractivity contribution >= 4 is 35.0 Å². The maximum absolute atomic E-state index is 14.4. The van der Waals surface area contributed by atoms with Gasteiger partial charge >= 0.3 is 5.97 Å². The predicted octanol–water partition coefficient (Wildman–Crippen LogP) is 4.30. The number of rotatable bonds is 16. The average molecular weight is 728 g/mol. The normalized spacial score (nSPS) is 21.6. The van der Waals surface area contributed by atoms with Crippen molar-refractivity contribution in [3.63, 3.8) is 0 Å². The van der Waals surface area contributed by atoms with Gasteiger partial charge in [0.2, 0.25) is 11.8 Å². The van der Waals surface area contributed by atoms with Crippen LogP contribution in [0.15, 0.2) is 23.6 Å². The van der Waals surface area contributed by atoms with Crippen molar-refractivity contribution in [2.24, 2.45) is 11.8 Å². The Kier molecular flexibility index (Phi) is 14.6. The first kappa shape index (κ1) is 40.4. The van der Waals surface area contributed by atoms with E-state index in [1.807, 2.05) is 59.9 Å². The summed E-state index contributed by atoms with van der Waals surface area (Å²) in [6.07, 6.45) is 3.36. The van der Waals surface area contributed by atoms with E-state index in [-0.39, 0.29) is 67.4 Å². The van der Waals surface area contributed by atoms with E-state index < -0.39 is 36.0 Å². The van der Waals surface area contributed by atoms with Gasteiger partial charge in [-0.05, 0) is 69.2 Å². The first-order valence-corrected chi connectivity index (χ1v) is 19.2. The quantitative estimate of drug-likeness (QED) is 0.198. The Morgan fingerprint density at radius 1 is 1.18 bits per heavy atom. The number of carbonyl (C=O) groups excluding carboxylic acids is 3. The number of ether oxygens (including phenoxy) is 1. The van der Waals surface area contributed by atoms with Crippen molar-refractivity contribution in [3.8, 4) is 0 Å². The monoisotopic (exact) mass is 727 g/mol. The summed E-state index contributed by atoms with van der Waals surface area (Å²) in [5.74, 6) is -2.59. The lowest BCUT2D eigenvalue weighted by Crippen LogP contribution is -2.59. The molecule has 0 radical (unpaired) electrons. The second-order valence-electron chi connectivity index (χ2n) is 14.7. The van der Waals surface area contributed by atoms with Gasteiger partial charge in [0.15, 0.2) is 0 Å². The summed E-state index contributed by atoms with van der Waals surface area (Å²) < 4.78 is 5.40. The molecule has 1 fully saturated rings. The Balaban J connectivity index is 1.48. The predicted molar refractivity (Wildman–Crippen MR) is 197 cm³/mol. The van der Waals surface area contributed by atoms with Gasteiger partial charge < -0.3 is 30.5 Å². The summed E-state index contributed by atoms with van der Waals surface area (Å²) in [6.45, 7) is 11.3. The van der Waals surface area contributed by atoms with E-state index >= 15 is 0 Å². The number of aryl methyl sites for hydroxylation is 1. The maximum Gasteiger partial charge on any atom is 0.311 e. The van der Waals surface area contributed by atoms with Gasteiger partial charge in [-0.2, -0.15) is 0 Å². The molecule has 2 aliphatic rings. The molecule has 2 aromatic rings. The van der Waals surface area contributed by atoms with Crippen molar-refractivity contribution in [2.45, 2.75) is 116 Å². The first-order valence-electron chi connectivity index (χ1n) is 18.3. The Bertz CT molecular complexity index is 1520. The van der Waals surface area contributed by atoms with Gasteiger partial charge in [0.25, 0.3) is 5.91 Å². The van der Waals surface area contributed by atoms with Gasteiger partial charge in [-0.1, -0.05) is 64.3 Å². The minimum atomic E-state index is -1.06. The van der Waals surface area contributed by atoms with Crippen LogP contribution in [0.3, 0.4) is 0 Å². The van der Waals surface area contributed by atoms with Crippen LogP contribution in [0.2, 0.25) is 0 Å². The summed E-state index contributed by atoms with van der Waals surface area (Å²) >= 11 is 1.17. The molecule has 1 aromatic heterocycles. The topological polar surface area (TPSA) is 161 Å². The smallest absolute Gasteiger partial charge is 0.311 e. The minimum Gasteiger partial charge on any atom is -0.481 e. The zero-order valence-electron chi connectivity index (χ0n) is 31.2. The number of carboxylic acid groups (broad SMARTS) is 1. The molecule has 1 saturated heterocycles. The molecule has 0 bridgehead atoms. The Morgan fingerprint density at radius 3 is 2.57 bits per heavy atom. The molecule has 1 aliphatic heterocycles. The highest BCUT2D eigenvalue weighted by Gasteiger charge is 2.38. The van der Waals surface area contributed by atoms with Crippen LogP contribution in [0.25, 0.3) is 0 Å². The largest absolute Gasteiger partial charge is 0.481 e. The lowest BCUT2D eigenvalue weighted by Gasteiger charge is -2.39. The molecule has 1 aromatic carbocycles. The van der Waals surface area contributed by atoms with Crippen molar-refractivity contribution in [1.82, 2.24) is 25.4 Å². The van der Waals surface area contributed by atoms with Gasteiger partial charge in [0, 0.05) is 37.5 Å². The van der Waals surface area contributed by atoms with Crippen LogP contribution in [-0.2, 0) is 25.5 Å². The third kappa shape index (κ3) is 10.1. The van der Waals surface area contributed by atoms with Crippen LogP contribution in [0.1, 0.15) is 110 Å². The number of amides is 3. The third-order valence-corrected chi connectivity index (χ3v) is 11.6. The number of nitrogens with zero attached hydrogens (tertiary/aromatic N) is 3. The number of piperidine rings is 1. The molecule has 3 amide bonds. The molecule has 3 unspecified atom stereocenters. The van der Waals surface area contributed by atoms with Gasteiger partial charge in [-0.15, -0.1) is 11.3 Å². The van der Waals surface area contributed by atoms with Crippen LogP contribution in [0.5, 0.6) is 0 Å². The van der Waals surface area contributed by atoms with Crippen LogP contribution < -0.4 is 10.6 Å². The number of carbonyl (C=O) groups is 4. The highest BCUT2D eigenvalue weighted by atomic mass is 32.1. The molecule has 0 spiro atoms. The van der Waals surface area contributed by atoms with Crippen molar-refractivity contribution in [3.05, 3.63) is 51.0 Å². The number of nitrogens with one attached hydrogen (secondary N) is 2. The number of likely N-dealkylation sites (tertiary alicyclic amines) is 1. The molecule has 2 heterocycles. The fourth-order valence-corrected chi connectivity index (χ4v) is 8.16. The highest BCUT2D eigenvalue weighted by Crippen LogP contribution is 2.33. The number of aromatic nitrogens is 1. The first-order chi connectivity index (χ1) is 24.2. The summed E-state index contributed by atoms with van der Waals surface area (Å²) in [4.78, 5) is 61.6. The zero-order valence-corrected chi connectivity index (χ0v) is 32.0. The lowest BCUT2D eigenvalue weighted by molar-refractivity contribution is -0.143. The Morgan fingerprint density at radius 2 is 1.92 bits per heavy atom. The van der Waals surface area contributed by atoms with Gasteiger partial charge in [0.05, 0.1) is 18.6 Å². The third-order valence-electron chi connectivity index (χ3n) is 10.6. The highest BCUT2D eigenvalue weighted by molar-refractivity contribution is 7.09. The number of likely N-dealkylation sites (N-methyl/N-ethyl adjacent to an activating group) is 1. The number of methoxy groups -OCH3 is 1. The molecule has 13 heteroatoms. The Hall–Kier alpha value is -3.39. The molecule has 4 N–H and O–H groups in total. The molecule has 0 saturated carbocycles. The van der Waals surface area contributed by atoms with Gasteiger partial charge in [-0.25, -0.2) is 4.98 Å². The standard InChI is InChI=1S/C38H57N5O7S/c1-8-24(5)33(41-35(46)30-11-9-10-14-42(30)6)37(47)43(15-16-50-7)31(22(2)3)20-32(44)36-40-29(21-51-36)34(45)39-26-18-25-13-12-23(4)17-27(25)28(19-26)38(48)49/h12-13,17,21-22,24,26,28,30-33,44H,8-11,14-16,18-20H2,1-7H3,(H,39,45)(H,41,46)(H,48,49)/t24?,26-,28+,30?,31+,32+,33?/m0/s1. The second kappa shape index (κ2) is 18.4. The second-order valence-corrected chi connectivity index (χ2v) is 15.6. The van der Waals surface area contributed by atoms with E-state index in [1.54, 1.807) is 17.4 Å². The van der Waals surface area contributed by atoms with Crippen LogP contribution in [-0.4, -0.2) is 107 Å². The summed E-state index contributed by atoms with van der Waals surface area (Å²) in [5.41, 5.74) is 2.84. The van der Waals surface area contributed by atoms with E-state index in [9.17, 15) is 29.4 Å². The number of benzene rings is 1. The summed E-state index contributed by atoms with van der Waals surface area (Å²) in [6, 6.07) is 3.97. The number of thiazole rings is 1. The van der Waals surface area contributed by atoms with Crippen molar-refractivity contribution in [1.29, 1.82) is 0 Å². The fourth-order valence-electron chi connectivity index (χ4n) is 7.37. The number of fused-ring (bicyclic) bond motifs is 1. The minimum absolute atomic E-state index is 0.0545. The molecule has 1 aliphatic carbocycles. The number of hydrogen-bond acceptors (Lipinski definition) is 9. The fraction of sp³-hybridized carbons (Fsp3) is 0.658. The van der Waals surface area contributed by atoms with Gasteiger partial charge in [0.1, 0.15) is 22.8 Å². The molecule has 4 rings (SSSR count). The van der Waals surface area contributed by atoms with Crippen LogP contribution >= 0.6 is 11.3 Å². The Labute approximate surface area is 306 Å². The number of aliphatic hydroxyl groups is 1. The number of hydrogen-bond donors (Lipinski definition) is 4. The van der Waals surface area contributed by atoms with Gasteiger partial charge in [-0.3, -0.25) is 24.1 Å². The molecular formula is C38H57N5O7S. The number of aliphatic carboxylic acids is 1. The van der Waals surface area contributed by atoms with Crippen LogP contribution in [0, 0.1) is 18.8 Å². The molecular weight excluding hydrogens is 671 g/mol. The summed E-state index contributed by atoms with van der Waals surface area (Å²) in [7, 11) is 3.52. The summed E-state index contributed by atoms with van der Waals surface area (Å²) in [5, 5.41) is 29.4. The van der Waals surface area contributed by atoms with E-state index in [4.69, 9.17) is 4.74 Å². The molecule has 51 heavy (non-hydrogen) atoms. The lowest BCUT2D eigenvalue weighted by atomic mass is 9.79. The maximum atomic E-state index is 14.4. The molecule has 7 atom stereocenters. The SMILES string of the molecule is CCC(C)C(NC(=O)C1CCCCN1C)C(=O)N(CCOC)[C@H](C[C@@H](O)c1nc(C(=O)N[C@H]2Cc3ccc(C)cc3[C@H](C(=O)O)C2)cs1)C(C)C. The average Bonchev–Trinajstić information content (AvgIpc) is 3.60. The van der Waals surface area contributed by atoms with E-state index in [0.29, 0.717) is 17.8 Å². The zero-order chi connectivity index (χ0) is 37.4. The molecule has 282 valence electrons. The number of carboxylic acids is 1. The van der Waals surface area contributed by atoms with E-state index in [1.165, 1.54) is 11.3 Å². The van der Waals surface area contributed by atoms with E-state index in [2.05, 4.69) is 20.5 Å². The molecule has 12 nitrogen and oxygen atoms in total. The van der Waals surface area contributed by atoms with Crippen molar-refractivity contribution in [2.75, 3.05) is 33.9 Å². The van der Waals surface area contributed by atoms with Crippen molar-refractivity contribution < 1.29 is 34.1 Å². The van der Waals surface area contributed by atoms with Crippen LogP contribution in [0.4, 0.5) is 0 Å². The number of aliphatic hydroxyl groups excluding tert-OH is 1.